The number of benzene rings is 2. The number of nitrogens with zero attached hydrogens (tertiary/aromatic N) is 1. The summed E-state index contributed by atoms with van der Waals surface area (Å²) in [7, 11) is 1.32. The molecule has 0 radical (unpaired) electrons. The zero-order valence-electron chi connectivity index (χ0n) is 18.9. The highest BCUT2D eigenvalue weighted by Crippen LogP contribution is 2.44. The predicted molar refractivity (Wildman–Crippen MR) is 120 cm³/mol. The van der Waals surface area contributed by atoms with Crippen molar-refractivity contribution in [2.45, 2.75) is 44.5 Å². The number of carbonyl (C=O) groups is 1. The van der Waals surface area contributed by atoms with Gasteiger partial charge in [-0.25, -0.2) is 4.79 Å². The van der Waals surface area contributed by atoms with Crippen LogP contribution in [0.2, 0.25) is 0 Å². The van der Waals surface area contributed by atoms with Gasteiger partial charge in [-0.2, -0.15) is 13.2 Å². The number of ether oxygens (including phenoxy) is 3. The summed E-state index contributed by atoms with van der Waals surface area (Å²) in [5.74, 6) is 0.738. The van der Waals surface area contributed by atoms with Crippen molar-refractivity contribution in [1.29, 1.82) is 0 Å². The molecular weight excluding hydrogens is 447 g/mol. The molecular formula is C26H26F3NO4. The van der Waals surface area contributed by atoms with Gasteiger partial charge in [0.05, 0.1) is 12.7 Å². The molecule has 2 aromatic carbocycles. The topological polar surface area (TPSA) is 48.0 Å². The number of methoxy groups -OCH3 is 1. The molecule has 0 amide bonds. The van der Waals surface area contributed by atoms with Crippen molar-refractivity contribution in [3.8, 4) is 11.5 Å². The Morgan fingerprint density at radius 3 is 2.74 bits per heavy atom. The molecule has 0 saturated carbocycles. The summed E-state index contributed by atoms with van der Waals surface area (Å²) in [6.07, 6.45) is -0.0671. The van der Waals surface area contributed by atoms with Crippen LogP contribution in [-0.2, 0) is 28.7 Å². The van der Waals surface area contributed by atoms with Crippen LogP contribution in [0.15, 0.2) is 36.4 Å². The number of esters is 1. The molecule has 1 atom stereocenters. The van der Waals surface area contributed by atoms with Gasteiger partial charge in [-0.15, -0.1) is 0 Å². The third-order valence-electron chi connectivity index (χ3n) is 6.81. The molecule has 34 heavy (non-hydrogen) atoms. The quantitative estimate of drug-likeness (QED) is 0.435. The molecule has 1 saturated heterocycles. The highest BCUT2D eigenvalue weighted by molar-refractivity contribution is 5.93. The van der Waals surface area contributed by atoms with Crippen LogP contribution in [0.5, 0.6) is 11.5 Å². The van der Waals surface area contributed by atoms with Crippen LogP contribution in [0, 0.1) is 0 Å². The predicted octanol–water partition coefficient (Wildman–Crippen LogP) is 5.32. The lowest BCUT2D eigenvalue weighted by atomic mass is 9.96. The summed E-state index contributed by atoms with van der Waals surface area (Å²) in [5, 5.41) is 0. The van der Waals surface area contributed by atoms with Crippen molar-refractivity contribution in [3.63, 3.8) is 0 Å². The molecule has 0 spiro atoms. The molecule has 2 aromatic rings. The Morgan fingerprint density at radius 1 is 1.21 bits per heavy atom. The van der Waals surface area contributed by atoms with E-state index in [1.807, 2.05) is 6.07 Å². The number of alkyl halides is 3. The summed E-state index contributed by atoms with van der Waals surface area (Å²) in [6.45, 7) is 2.26. The molecule has 0 unspecified atom stereocenters. The molecule has 0 N–H and O–H groups in total. The number of likely N-dealkylation sites (tertiary alicyclic amines) is 1. The minimum absolute atomic E-state index is 0.264. The van der Waals surface area contributed by atoms with Gasteiger partial charge < -0.3 is 14.2 Å². The lowest BCUT2D eigenvalue weighted by Crippen LogP contribution is -2.22. The number of hydrogen-bond acceptors (Lipinski definition) is 5. The van der Waals surface area contributed by atoms with Crippen LogP contribution in [0.3, 0.4) is 0 Å². The summed E-state index contributed by atoms with van der Waals surface area (Å²) in [6, 6.07) is 8.17. The summed E-state index contributed by atoms with van der Waals surface area (Å²) in [4.78, 5) is 13.7. The molecule has 1 fully saturated rings. The number of hydrogen-bond donors (Lipinski definition) is 0. The van der Waals surface area contributed by atoms with Crippen molar-refractivity contribution in [2.24, 2.45) is 0 Å². The number of halogens is 3. The Balaban J connectivity index is 1.40. The molecule has 5 nitrogen and oxygen atoms in total. The van der Waals surface area contributed by atoms with Crippen LogP contribution in [0.25, 0.3) is 5.57 Å². The molecule has 3 aliphatic rings. The SMILES string of the molecule is COC(=O)/C=C1\COc2cc(O[C@@H]3CCc4c3ccc(C(F)(F)F)c4CN3CCCC3)ccc21. The minimum Gasteiger partial charge on any atom is -0.488 e. The van der Waals surface area contributed by atoms with Gasteiger partial charge >= 0.3 is 12.1 Å². The van der Waals surface area contributed by atoms with Gasteiger partial charge in [-0.05, 0) is 73.7 Å². The Morgan fingerprint density at radius 2 is 2.00 bits per heavy atom. The fraction of sp³-hybridized carbons (Fsp3) is 0.423. The third-order valence-corrected chi connectivity index (χ3v) is 6.81. The number of carbonyl (C=O) groups excluding carboxylic acids is 1. The van der Waals surface area contributed by atoms with Gasteiger partial charge in [0.15, 0.2) is 0 Å². The van der Waals surface area contributed by atoms with E-state index in [2.05, 4.69) is 9.64 Å². The maximum absolute atomic E-state index is 13.8. The molecule has 8 heteroatoms. The maximum Gasteiger partial charge on any atom is 0.416 e. The molecule has 2 aliphatic heterocycles. The van der Waals surface area contributed by atoms with Crippen LogP contribution in [0.4, 0.5) is 13.2 Å². The molecule has 180 valence electrons. The second-order valence-electron chi connectivity index (χ2n) is 8.93. The summed E-state index contributed by atoms with van der Waals surface area (Å²) >= 11 is 0. The smallest absolute Gasteiger partial charge is 0.416 e. The van der Waals surface area contributed by atoms with E-state index < -0.39 is 17.7 Å². The van der Waals surface area contributed by atoms with Crippen LogP contribution in [0.1, 0.15) is 53.2 Å². The van der Waals surface area contributed by atoms with E-state index in [1.54, 1.807) is 18.2 Å². The molecule has 0 aromatic heterocycles. The zero-order chi connectivity index (χ0) is 23.9. The van der Waals surface area contributed by atoms with Crippen LogP contribution < -0.4 is 9.47 Å². The second kappa shape index (κ2) is 8.98. The fourth-order valence-corrected chi connectivity index (χ4v) is 5.15. The van der Waals surface area contributed by atoms with E-state index >= 15 is 0 Å². The molecule has 1 aliphatic carbocycles. The van der Waals surface area contributed by atoms with Crippen LogP contribution >= 0.6 is 0 Å². The average molecular weight is 473 g/mol. The van der Waals surface area contributed by atoms with Crippen molar-refractivity contribution < 1.29 is 32.2 Å². The third kappa shape index (κ3) is 4.39. The fourth-order valence-electron chi connectivity index (χ4n) is 5.15. The largest absolute Gasteiger partial charge is 0.488 e. The first kappa shape index (κ1) is 22.8. The van der Waals surface area contributed by atoms with Gasteiger partial charge in [-0.3, -0.25) is 4.90 Å². The van der Waals surface area contributed by atoms with Gasteiger partial charge in [0.2, 0.25) is 0 Å². The summed E-state index contributed by atoms with van der Waals surface area (Å²) < 4.78 is 58.0. The Labute approximate surface area is 196 Å². The van der Waals surface area contributed by atoms with E-state index in [1.165, 1.54) is 19.3 Å². The van der Waals surface area contributed by atoms with E-state index in [4.69, 9.17) is 9.47 Å². The van der Waals surface area contributed by atoms with E-state index in [0.29, 0.717) is 36.4 Å². The van der Waals surface area contributed by atoms with E-state index in [0.717, 1.165) is 48.2 Å². The van der Waals surface area contributed by atoms with E-state index in [-0.39, 0.29) is 12.7 Å². The Hall–Kier alpha value is -3.00. The lowest BCUT2D eigenvalue weighted by Gasteiger charge is -2.23. The zero-order valence-corrected chi connectivity index (χ0v) is 18.9. The lowest BCUT2D eigenvalue weighted by molar-refractivity contribution is -0.138. The standard InChI is InChI=1S/C26H26F3NO4/c1-32-25(31)12-16-15-33-24-13-17(4-5-18(16)24)34-23-9-7-19-20(23)6-8-22(26(27,28)29)21(19)14-30-10-2-3-11-30/h4-6,8,12-13,23H,2-3,7,9-11,14-15H2,1H3/b16-12+/t23-/m1/s1. The minimum atomic E-state index is -4.38. The highest BCUT2D eigenvalue weighted by Gasteiger charge is 2.38. The van der Waals surface area contributed by atoms with Gasteiger partial charge in [0, 0.05) is 29.8 Å². The maximum atomic E-state index is 13.8. The summed E-state index contributed by atoms with van der Waals surface area (Å²) in [5.41, 5.74) is 2.99. The first-order valence-corrected chi connectivity index (χ1v) is 11.5. The second-order valence-corrected chi connectivity index (χ2v) is 8.93. The van der Waals surface area contributed by atoms with Gasteiger partial charge in [-0.1, -0.05) is 6.07 Å². The van der Waals surface area contributed by atoms with E-state index in [9.17, 15) is 18.0 Å². The number of fused-ring (bicyclic) bond motifs is 2. The molecule has 5 rings (SSSR count). The highest BCUT2D eigenvalue weighted by atomic mass is 19.4. The Bertz CT molecular complexity index is 1140. The number of rotatable bonds is 5. The van der Waals surface area contributed by atoms with Crippen molar-refractivity contribution in [1.82, 2.24) is 4.90 Å². The first-order valence-electron chi connectivity index (χ1n) is 11.5. The first-order chi connectivity index (χ1) is 16.3. The molecule has 0 bridgehead atoms. The Kier molecular flexibility index (Phi) is 6.02. The van der Waals surface area contributed by atoms with Gasteiger partial charge in [0.1, 0.15) is 24.2 Å². The normalized spacial score (nSPS) is 20.8. The molecule has 2 heterocycles. The average Bonchev–Trinajstić information content (AvgIpc) is 3.54. The van der Waals surface area contributed by atoms with Crippen LogP contribution in [-0.4, -0.2) is 37.7 Å². The van der Waals surface area contributed by atoms with Crippen molar-refractivity contribution >= 4 is 11.5 Å². The van der Waals surface area contributed by atoms with Crippen molar-refractivity contribution in [3.05, 3.63) is 64.2 Å². The monoisotopic (exact) mass is 473 g/mol. The van der Waals surface area contributed by atoms with Gasteiger partial charge in [0.25, 0.3) is 0 Å². The van der Waals surface area contributed by atoms with Crippen molar-refractivity contribution in [2.75, 3.05) is 26.8 Å².